The minimum absolute atomic E-state index is 0. The topological polar surface area (TPSA) is 55.1 Å². The monoisotopic (exact) mass is 310 g/mol. The molecule has 0 radical (unpaired) electrons. The Morgan fingerprint density at radius 3 is 2.50 bits per heavy atom. The summed E-state index contributed by atoms with van der Waals surface area (Å²) in [6.07, 6.45) is -4.06. The van der Waals surface area contributed by atoms with Crippen molar-refractivity contribution in [1.82, 2.24) is 5.32 Å². The van der Waals surface area contributed by atoms with Crippen molar-refractivity contribution in [3.63, 3.8) is 0 Å². The van der Waals surface area contributed by atoms with E-state index in [0.717, 1.165) is 6.07 Å². The highest BCUT2D eigenvalue weighted by atomic mass is 35.5. The van der Waals surface area contributed by atoms with Crippen molar-refractivity contribution >= 4 is 18.3 Å². The maximum Gasteiger partial charge on any atom is 0.416 e. The fourth-order valence-electron chi connectivity index (χ4n) is 1.72. The number of nitrogens with two attached hydrogens (primary N) is 1. The van der Waals surface area contributed by atoms with Gasteiger partial charge in [-0.1, -0.05) is 18.2 Å². The molecule has 0 bridgehead atoms. The largest absolute Gasteiger partial charge is 0.416 e. The van der Waals surface area contributed by atoms with Crippen LogP contribution in [0.1, 0.15) is 24.5 Å². The van der Waals surface area contributed by atoms with Crippen LogP contribution in [0.4, 0.5) is 13.2 Å². The zero-order valence-electron chi connectivity index (χ0n) is 11.0. The summed E-state index contributed by atoms with van der Waals surface area (Å²) in [7, 11) is 0. The molecule has 0 spiro atoms. The van der Waals surface area contributed by atoms with Crippen LogP contribution >= 0.6 is 12.4 Å². The average Bonchev–Trinajstić information content (AvgIpc) is 2.27. The van der Waals surface area contributed by atoms with E-state index in [4.69, 9.17) is 5.73 Å². The first kappa shape index (κ1) is 18.7. The van der Waals surface area contributed by atoms with Crippen LogP contribution in [0, 0.1) is 0 Å². The third-order valence-electron chi connectivity index (χ3n) is 2.55. The first-order valence-electron chi connectivity index (χ1n) is 5.98. The second kappa shape index (κ2) is 8.11. The number of alkyl halides is 3. The molecule has 0 fully saturated rings. The molecule has 1 amide bonds. The van der Waals surface area contributed by atoms with E-state index in [1.54, 1.807) is 13.0 Å². The van der Waals surface area contributed by atoms with Gasteiger partial charge in [-0.2, -0.15) is 13.2 Å². The fourth-order valence-corrected chi connectivity index (χ4v) is 1.72. The summed E-state index contributed by atoms with van der Waals surface area (Å²) in [6, 6.07) is 5.09. The Morgan fingerprint density at radius 2 is 1.95 bits per heavy atom. The molecule has 3 N–H and O–H groups in total. The third kappa shape index (κ3) is 6.25. The molecule has 20 heavy (non-hydrogen) atoms. The van der Waals surface area contributed by atoms with Gasteiger partial charge < -0.3 is 11.1 Å². The molecule has 0 saturated heterocycles. The summed E-state index contributed by atoms with van der Waals surface area (Å²) in [5, 5.41) is 2.55. The van der Waals surface area contributed by atoms with Gasteiger partial charge in [-0.25, -0.2) is 0 Å². The van der Waals surface area contributed by atoms with Crippen molar-refractivity contribution in [2.24, 2.45) is 5.73 Å². The van der Waals surface area contributed by atoms with Crippen molar-refractivity contribution in [3.05, 3.63) is 35.4 Å². The molecule has 1 rings (SSSR count). The Hall–Kier alpha value is -1.27. The summed E-state index contributed by atoms with van der Waals surface area (Å²) in [6.45, 7) is 1.86. The van der Waals surface area contributed by atoms with Gasteiger partial charge in [-0.3, -0.25) is 4.79 Å². The van der Waals surface area contributed by atoms with E-state index in [9.17, 15) is 18.0 Å². The lowest BCUT2D eigenvalue weighted by molar-refractivity contribution is -0.138. The van der Waals surface area contributed by atoms with E-state index in [1.807, 2.05) is 0 Å². The van der Waals surface area contributed by atoms with Gasteiger partial charge in [0, 0.05) is 19.0 Å². The van der Waals surface area contributed by atoms with E-state index >= 15 is 0 Å². The number of hydrogen-bond donors (Lipinski definition) is 2. The van der Waals surface area contributed by atoms with Gasteiger partial charge in [0.2, 0.25) is 5.91 Å². The lowest BCUT2D eigenvalue weighted by atomic mass is 10.0. The van der Waals surface area contributed by atoms with E-state index in [1.165, 1.54) is 12.1 Å². The Morgan fingerprint density at radius 1 is 1.35 bits per heavy atom. The van der Waals surface area contributed by atoms with Crippen molar-refractivity contribution in [2.45, 2.75) is 32.0 Å². The third-order valence-corrected chi connectivity index (χ3v) is 2.55. The first-order valence-corrected chi connectivity index (χ1v) is 5.98. The molecule has 1 aromatic carbocycles. The van der Waals surface area contributed by atoms with Crippen LogP contribution in [0.3, 0.4) is 0 Å². The zero-order chi connectivity index (χ0) is 14.5. The summed E-state index contributed by atoms with van der Waals surface area (Å²) in [5.41, 5.74) is 4.97. The average molecular weight is 311 g/mol. The van der Waals surface area contributed by atoms with E-state index in [2.05, 4.69) is 5.32 Å². The number of hydrogen-bond acceptors (Lipinski definition) is 2. The second-order valence-corrected chi connectivity index (χ2v) is 4.44. The van der Waals surface area contributed by atoms with Crippen LogP contribution in [-0.2, 0) is 17.4 Å². The summed E-state index contributed by atoms with van der Waals surface area (Å²) < 4.78 is 38.1. The molecular formula is C13H18ClF3N2O. The van der Waals surface area contributed by atoms with Gasteiger partial charge in [-0.05, 0) is 25.0 Å². The molecular weight excluding hydrogens is 293 g/mol. The molecule has 0 aliphatic carbocycles. The number of carbonyl (C=O) groups excluding carboxylic acids is 1. The fraction of sp³-hybridized carbons (Fsp3) is 0.462. The predicted molar refractivity (Wildman–Crippen MR) is 73.7 cm³/mol. The molecule has 0 aromatic heterocycles. The number of halogens is 4. The number of rotatable bonds is 5. The van der Waals surface area contributed by atoms with E-state index < -0.39 is 11.7 Å². The Bertz CT molecular complexity index is 436. The lowest BCUT2D eigenvalue weighted by Crippen LogP contribution is -2.31. The van der Waals surface area contributed by atoms with Crippen LogP contribution in [-0.4, -0.2) is 18.5 Å². The van der Waals surface area contributed by atoms with Gasteiger partial charge in [0.1, 0.15) is 0 Å². The smallest absolute Gasteiger partial charge is 0.356 e. The molecule has 0 heterocycles. The van der Waals surface area contributed by atoms with Gasteiger partial charge in [0.25, 0.3) is 0 Å². The van der Waals surface area contributed by atoms with Crippen LogP contribution in [0.5, 0.6) is 0 Å². The van der Waals surface area contributed by atoms with Crippen LogP contribution in [0.15, 0.2) is 24.3 Å². The number of amides is 1. The second-order valence-electron chi connectivity index (χ2n) is 4.44. The minimum Gasteiger partial charge on any atom is -0.356 e. The Kier molecular flexibility index (Phi) is 7.60. The molecule has 7 heteroatoms. The van der Waals surface area contributed by atoms with E-state index in [0.29, 0.717) is 0 Å². The predicted octanol–water partition coefficient (Wildman–Crippen LogP) is 2.52. The van der Waals surface area contributed by atoms with Gasteiger partial charge >= 0.3 is 6.18 Å². The van der Waals surface area contributed by atoms with Crippen molar-refractivity contribution in [1.29, 1.82) is 0 Å². The highest BCUT2D eigenvalue weighted by molar-refractivity contribution is 5.85. The van der Waals surface area contributed by atoms with Gasteiger partial charge in [0.15, 0.2) is 0 Å². The molecule has 114 valence electrons. The highest BCUT2D eigenvalue weighted by Crippen LogP contribution is 2.31. The molecule has 0 aliphatic rings. The molecule has 3 nitrogen and oxygen atoms in total. The lowest BCUT2D eigenvalue weighted by Gasteiger charge is -2.13. The standard InChI is InChI=1S/C13H17F3N2O.ClH/c1-9(17)8-12(19)18-7-6-10-4-2-3-5-11(10)13(14,15)16;/h2-5,9H,6-8,17H2,1H3,(H,18,19);1H. The molecule has 1 atom stereocenters. The van der Waals surface area contributed by atoms with Crippen LogP contribution < -0.4 is 11.1 Å². The highest BCUT2D eigenvalue weighted by Gasteiger charge is 2.32. The Labute approximate surface area is 122 Å². The first-order chi connectivity index (χ1) is 8.80. The molecule has 0 aliphatic heterocycles. The zero-order valence-corrected chi connectivity index (χ0v) is 11.9. The quantitative estimate of drug-likeness (QED) is 0.878. The SMILES string of the molecule is CC(N)CC(=O)NCCc1ccccc1C(F)(F)F.Cl. The number of nitrogens with one attached hydrogen (secondary N) is 1. The molecule has 1 aromatic rings. The normalized spacial score (nSPS) is 12.4. The summed E-state index contributed by atoms with van der Waals surface area (Å²) in [5.74, 6) is -0.250. The summed E-state index contributed by atoms with van der Waals surface area (Å²) >= 11 is 0. The molecule has 0 saturated carbocycles. The van der Waals surface area contributed by atoms with Crippen molar-refractivity contribution in [2.75, 3.05) is 6.54 Å². The van der Waals surface area contributed by atoms with Crippen LogP contribution in [0.2, 0.25) is 0 Å². The number of carbonyl (C=O) groups is 1. The van der Waals surface area contributed by atoms with E-state index in [-0.39, 0.29) is 49.3 Å². The van der Waals surface area contributed by atoms with Crippen molar-refractivity contribution in [3.8, 4) is 0 Å². The van der Waals surface area contributed by atoms with Gasteiger partial charge in [0.05, 0.1) is 5.56 Å². The Balaban J connectivity index is 0.00000361. The van der Waals surface area contributed by atoms with Crippen LogP contribution in [0.25, 0.3) is 0 Å². The molecule has 1 unspecified atom stereocenters. The number of benzene rings is 1. The van der Waals surface area contributed by atoms with Crippen molar-refractivity contribution < 1.29 is 18.0 Å². The van der Waals surface area contributed by atoms with Gasteiger partial charge in [-0.15, -0.1) is 12.4 Å². The minimum atomic E-state index is -4.37. The maximum atomic E-state index is 12.7. The maximum absolute atomic E-state index is 12.7. The summed E-state index contributed by atoms with van der Waals surface area (Å²) in [4.78, 5) is 11.3.